The van der Waals surface area contributed by atoms with Crippen molar-refractivity contribution in [3.05, 3.63) is 53.1 Å². The van der Waals surface area contributed by atoms with E-state index < -0.39 is 11.6 Å². The van der Waals surface area contributed by atoms with E-state index in [0.29, 0.717) is 12.4 Å². The van der Waals surface area contributed by atoms with Crippen molar-refractivity contribution >= 4 is 5.69 Å². The van der Waals surface area contributed by atoms with Crippen molar-refractivity contribution in [2.45, 2.75) is 20.4 Å². The highest BCUT2D eigenvalue weighted by atomic mass is 19.1. The van der Waals surface area contributed by atoms with E-state index in [1.807, 2.05) is 0 Å². The number of halogens is 2. The first-order valence-electron chi connectivity index (χ1n) is 5.54. The third kappa shape index (κ3) is 2.80. The molecule has 1 aromatic carbocycles. The Labute approximate surface area is 104 Å². The molecule has 3 nitrogen and oxygen atoms in total. The molecule has 1 N–H and O–H groups in total. The van der Waals surface area contributed by atoms with Crippen LogP contribution in [0.5, 0.6) is 0 Å². The van der Waals surface area contributed by atoms with Crippen LogP contribution in [0.25, 0.3) is 0 Å². The van der Waals surface area contributed by atoms with Gasteiger partial charge in [-0.2, -0.15) is 0 Å². The summed E-state index contributed by atoms with van der Waals surface area (Å²) in [6, 6.07) is 4.05. The summed E-state index contributed by atoms with van der Waals surface area (Å²) in [6.07, 6.45) is 1.63. The van der Waals surface area contributed by atoms with Crippen molar-refractivity contribution in [2.75, 3.05) is 5.32 Å². The summed E-state index contributed by atoms with van der Waals surface area (Å²) in [5.74, 6) is -0.262. The van der Waals surface area contributed by atoms with Gasteiger partial charge in [-0.15, -0.1) is 0 Å². The molecule has 0 saturated carbocycles. The number of aromatic nitrogens is 2. The molecule has 0 aliphatic rings. The van der Waals surface area contributed by atoms with Crippen LogP contribution in [0.1, 0.15) is 17.1 Å². The SMILES string of the molecule is Cc1nccc(CNc2cc(F)c(C)cc2F)n1. The van der Waals surface area contributed by atoms with E-state index in [1.54, 1.807) is 19.2 Å². The fourth-order valence-corrected chi connectivity index (χ4v) is 1.57. The minimum Gasteiger partial charge on any atom is -0.377 e. The molecule has 1 heterocycles. The van der Waals surface area contributed by atoms with E-state index in [2.05, 4.69) is 15.3 Å². The molecule has 0 aliphatic carbocycles. The molecule has 0 radical (unpaired) electrons. The van der Waals surface area contributed by atoms with Gasteiger partial charge in [-0.3, -0.25) is 0 Å². The fraction of sp³-hybridized carbons (Fsp3) is 0.231. The Morgan fingerprint density at radius 1 is 1.17 bits per heavy atom. The third-order valence-corrected chi connectivity index (χ3v) is 2.54. The maximum absolute atomic E-state index is 13.6. The second kappa shape index (κ2) is 5.08. The van der Waals surface area contributed by atoms with E-state index >= 15 is 0 Å². The highest BCUT2D eigenvalue weighted by molar-refractivity contribution is 5.47. The summed E-state index contributed by atoms with van der Waals surface area (Å²) in [6.45, 7) is 3.62. The average Bonchev–Trinajstić information content (AvgIpc) is 2.32. The molecule has 18 heavy (non-hydrogen) atoms. The Balaban J connectivity index is 2.13. The molecule has 2 rings (SSSR count). The Bertz CT molecular complexity index is 570. The molecule has 0 fully saturated rings. The van der Waals surface area contributed by atoms with Gasteiger partial charge in [0.1, 0.15) is 17.5 Å². The Kier molecular flexibility index (Phi) is 3.50. The molecule has 5 heteroatoms. The first kappa shape index (κ1) is 12.4. The van der Waals surface area contributed by atoms with Crippen LogP contribution in [0, 0.1) is 25.5 Å². The molecule has 0 spiro atoms. The lowest BCUT2D eigenvalue weighted by molar-refractivity contribution is 0.594. The zero-order chi connectivity index (χ0) is 13.1. The predicted molar refractivity (Wildman–Crippen MR) is 65.2 cm³/mol. The predicted octanol–water partition coefficient (Wildman–Crippen LogP) is 2.98. The van der Waals surface area contributed by atoms with Gasteiger partial charge in [-0.05, 0) is 31.5 Å². The van der Waals surface area contributed by atoms with Crippen LogP contribution >= 0.6 is 0 Å². The summed E-state index contributed by atoms with van der Waals surface area (Å²) >= 11 is 0. The molecule has 2 aromatic rings. The molecular weight excluding hydrogens is 236 g/mol. The quantitative estimate of drug-likeness (QED) is 0.908. The third-order valence-electron chi connectivity index (χ3n) is 2.54. The van der Waals surface area contributed by atoms with Crippen LogP contribution in [0.3, 0.4) is 0 Å². The summed E-state index contributed by atoms with van der Waals surface area (Å²) in [7, 11) is 0. The number of benzene rings is 1. The van der Waals surface area contributed by atoms with Gasteiger partial charge in [0.15, 0.2) is 0 Å². The zero-order valence-corrected chi connectivity index (χ0v) is 10.2. The fourth-order valence-electron chi connectivity index (χ4n) is 1.57. The number of nitrogens with one attached hydrogen (secondary N) is 1. The molecule has 0 amide bonds. The molecule has 94 valence electrons. The number of rotatable bonds is 3. The molecular formula is C13H13F2N3. The van der Waals surface area contributed by atoms with E-state index in [-0.39, 0.29) is 11.3 Å². The maximum Gasteiger partial charge on any atom is 0.146 e. The highest BCUT2D eigenvalue weighted by Gasteiger charge is 2.07. The van der Waals surface area contributed by atoms with Gasteiger partial charge in [0.05, 0.1) is 17.9 Å². The largest absolute Gasteiger partial charge is 0.377 e. The molecule has 0 bridgehead atoms. The van der Waals surface area contributed by atoms with Crippen molar-refractivity contribution in [3.63, 3.8) is 0 Å². The lowest BCUT2D eigenvalue weighted by Gasteiger charge is -2.08. The average molecular weight is 249 g/mol. The van der Waals surface area contributed by atoms with E-state index in [0.717, 1.165) is 11.8 Å². The van der Waals surface area contributed by atoms with Gasteiger partial charge in [-0.1, -0.05) is 0 Å². The normalized spacial score (nSPS) is 10.4. The smallest absolute Gasteiger partial charge is 0.146 e. The van der Waals surface area contributed by atoms with Crippen LogP contribution in [-0.2, 0) is 6.54 Å². The van der Waals surface area contributed by atoms with Crippen LogP contribution in [-0.4, -0.2) is 9.97 Å². The summed E-state index contributed by atoms with van der Waals surface area (Å²) in [4.78, 5) is 8.13. The lowest BCUT2D eigenvalue weighted by atomic mass is 10.2. The van der Waals surface area contributed by atoms with E-state index in [9.17, 15) is 8.78 Å². The maximum atomic E-state index is 13.6. The summed E-state index contributed by atoms with van der Waals surface area (Å²) in [5, 5.41) is 2.82. The minimum absolute atomic E-state index is 0.134. The van der Waals surface area contributed by atoms with Gasteiger partial charge in [-0.25, -0.2) is 18.7 Å². The summed E-state index contributed by atoms with van der Waals surface area (Å²) in [5.41, 5.74) is 1.15. The molecule has 0 saturated heterocycles. The lowest BCUT2D eigenvalue weighted by Crippen LogP contribution is -2.05. The van der Waals surface area contributed by atoms with Crippen LogP contribution in [0.15, 0.2) is 24.4 Å². The van der Waals surface area contributed by atoms with Crippen LogP contribution < -0.4 is 5.32 Å². The van der Waals surface area contributed by atoms with E-state index in [4.69, 9.17) is 0 Å². The monoisotopic (exact) mass is 249 g/mol. The number of anilines is 1. The number of nitrogens with zero attached hydrogens (tertiary/aromatic N) is 2. The molecule has 1 aromatic heterocycles. The number of hydrogen-bond acceptors (Lipinski definition) is 3. The standard InChI is InChI=1S/C13H13F2N3/c1-8-5-12(15)13(6-11(8)14)17-7-10-3-4-16-9(2)18-10/h3-6,17H,7H2,1-2H3. The first-order chi connectivity index (χ1) is 8.56. The van der Waals surface area contributed by atoms with Crippen LogP contribution in [0.4, 0.5) is 14.5 Å². The van der Waals surface area contributed by atoms with Crippen molar-refractivity contribution in [2.24, 2.45) is 0 Å². The second-order valence-electron chi connectivity index (χ2n) is 4.03. The number of aryl methyl sites for hydroxylation is 2. The van der Waals surface area contributed by atoms with Crippen molar-refractivity contribution in [1.29, 1.82) is 0 Å². The van der Waals surface area contributed by atoms with Gasteiger partial charge >= 0.3 is 0 Å². The van der Waals surface area contributed by atoms with Crippen molar-refractivity contribution < 1.29 is 8.78 Å². The Morgan fingerprint density at radius 2 is 1.94 bits per heavy atom. The molecule has 0 unspecified atom stereocenters. The highest BCUT2D eigenvalue weighted by Crippen LogP contribution is 2.19. The van der Waals surface area contributed by atoms with Gasteiger partial charge in [0.2, 0.25) is 0 Å². The Hall–Kier alpha value is -2.04. The van der Waals surface area contributed by atoms with Gasteiger partial charge in [0, 0.05) is 12.3 Å². The van der Waals surface area contributed by atoms with Crippen LogP contribution in [0.2, 0.25) is 0 Å². The van der Waals surface area contributed by atoms with Crippen molar-refractivity contribution in [1.82, 2.24) is 9.97 Å². The summed E-state index contributed by atoms with van der Waals surface area (Å²) < 4.78 is 26.9. The van der Waals surface area contributed by atoms with Gasteiger partial charge in [0.25, 0.3) is 0 Å². The van der Waals surface area contributed by atoms with Gasteiger partial charge < -0.3 is 5.32 Å². The molecule has 0 atom stereocenters. The topological polar surface area (TPSA) is 37.8 Å². The Morgan fingerprint density at radius 3 is 2.67 bits per heavy atom. The second-order valence-corrected chi connectivity index (χ2v) is 4.03. The zero-order valence-electron chi connectivity index (χ0n) is 10.2. The number of hydrogen-bond donors (Lipinski definition) is 1. The van der Waals surface area contributed by atoms with Crippen molar-refractivity contribution in [3.8, 4) is 0 Å². The van der Waals surface area contributed by atoms with E-state index in [1.165, 1.54) is 13.0 Å². The minimum atomic E-state index is -0.473. The first-order valence-corrected chi connectivity index (χ1v) is 5.54. The molecule has 0 aliphatic heterocycles.